The van der Waals surface area contributed by atoms with Crippen LogP contribution in [0.4, 0.5) is 5.82 Å². The number of ether oxygens (including phenoxy) is 2. The van der Waals surface area contributed by atoms with Gasteiger partial charge in [0.05, 0.1) is 18.8 Å². The van der Waals surface area contributed by atoms with Crippen LogP contribution in [0.25, 0.3) is 0 Å². The van der Waals surface area contributed by atoms with Gasteiger partial charge in [0.2, 0.25) is 5.88 Å². The van der Waals surface area contributed by atoms with Crippen molar-refractivity contribution in [2.24, 2.45) is 0 Å². The number of carbonyl (C=O) groups excluding carboxylic acids is 1. The molecule has 1 fully saturated rings. The molecule has 6 nitrogen and oxygen atoms in total. The number of esters is 1. The zero-order valence-electron chi connectivity index (χ0n) is 13.0. The minimum absolute atomic E-state index is 0.173. The summed E-state index contributed by atoms with van der Waals surface area (Å²) in [6.45, 7) is 7.43. The fourth-order valence-corrected chi connectivity index (χ4v) is 2.67. The van der Waals surface area contributed by atoms with Crippen LogP contribution in [0.15, 0.2) is 6.33 Å². The third-order valence-electron chi connectivity index (χ3n) is 3.63. The third-order valence-corrected chi connectivity index (χ3v) is 3.63. The maximum atomic E-state index is 12.2. The van der Waals surface area contributed by atoms with Gasteiger partial charge in [0, 0.05) is 6.54 Å². The lowest BCUT2D eigenvalue weighted by molar-refractivity contribution is -0.145. The molecule has 1 aromatic rings. The van der Waals surface area contributed by atoms with E-state index in [1.54, 1.807) is 0 Å². The number of anilines is 1. The minimum Gasteiger partial charge on any atom is -0.478 e. The number of hydrogen-bond donors (Lipinski definition) is 0. The van der Waals surface area contributed by atoms with Crippen molar-refractivity contribution in [2.75, 3.05) is 24.7 Å². The van der Waals surface area contributed by atoms with E-state index in [1.807, 2.05) is 25.7 Å². The van der Waals surface area contributed by atoms with E-state index in [0.717, 1.165) is 37.2 Å². The average Bonchev–Trinajstić information content (AvgIpc) is 2.50. The first-order valence-electron chi connectivity index (χ1n) is 7.56. The Morgan fingerprint density at radius 2 is 2.14 bits per heavy atom. The molecule has 116 valence electrons. The normalized spacial score (nSPS) is 18.4. The van der Waals surface area contributed by atoms with Crippen LogP contribution in [-0.4, -0.2) is 41.7 Å². The first-order valence-corrected chi connectivity index (χ1v) is 7.56. The van der Waals surface area contributed by atoms with Crippen LogP contribution in [0.1, 0.15) is 38.7 Å². The molecule has 6 heteroatoms. The van der Waals surface area contributed by atoms with Crippen molar-refractivity contribution in [3.63, 3.8) is 0 Å². The van der Waals surface area contributed by atoms with Crippen LogP contribution >= 0.6 is 0 Å². The zero-order valence-corrected chi connectivity index (χ0v) is 13.0. The summed E-state index contributed by atoms with van der Waals surface area (Å²) in [6, 6.07) is -0.262. The maximum absolute atomic E-state index is 12.2. The van der Waals surface area contributed by atoms with Crippen molar-refractivity contribution >= 4 is 11.8 Å². The van der Waals surface area contributed by atoms with Gasteiger partial charge in [-0.25, -0.2) is 14.8 Å². The summed E-state index contributed by atoms with van der Waals surface area (Å²) >= 11 is 0. The topological polar surface area (TPSA) is 64.5 Å². The summed E-state index contributed by atoms with van der Waals surface area (Å²) in [5.74, 6) is 1.18. The highest BCUT2D eigenvalue weighted by atomic mass is 16.5. The summed E-state index contributed by atoms with van der Waals surface area (Å²) in [5, 5.41) is 0. The number of nitrogens with zero attached hydrogens (tertiary/aromatic N) is 3. The Bertz CT molecular complexity index is 493. The van der Waals surface area contributed by atoms with Crippen LogP contribution in [0.3, 0.4) is 0 Å². The largest absolute Gasteiger partial charge is 0.478 e. The predicted molar refractivity (Wildman–Crippen MR) is 79.6 cm³/mol. The van der Waals surface area contributed by atoms with Crippen molar-refractivity contribution in [3.8, 4) is 5.88 Å². The van der Waals surface area contributed by atoms with Gasteiger partial charge in [-0.05, 0) is 40.0 Å². The van der Waals surface area contributed by atoms with Gasteiger partial charge >= 0.3 is 5.97 Å². The molecule has 1 aromatic heterocycles. The molecule has 2 rings (SSSR count). The maximum Gasteiger partial charge on any atom is 0.328 e. The Labute approximate surface area is 125 Å². The van der Waals surface area contributed by atoms with Gasteiger partial charge in [0.1, 0.15) is 18.2 Å². The van der Waals surface area contributed by atoms with Gasteiger partial charge in [-0.3, -0.25) is 0 Å². The second-order valence-electron chi connectivity index (χ2n) is 5.02. The SMILES string of the molecule is CCOC(=O)C1CCCCN1c1ncnc(OCC)c1C. The lowest BCUT2D eigenvalue weighted by Gasteiger charge is -2.35. The first kappa shape index (κ1) is 15.5. The summed E-state index contributed by atoms with van der Waals surface area (Å²) < 4.78 is 10.7. The monoisotopic (exact) mass is 293 g/mol. The lowest BCUT2D eigenvalue weighted by atomic mass is 10.0. The quantitative estimate of drug-likeness (QED) is 0.775. The van der Waals surface area contributed by atoms with Gasteiger partial charge in [-0.15, -0.1) is 0 Å². The zero-order chi connectivity index (χ0) is 15.2. The van der Waals surface area contributed by atoms with Crippen LogP contribution in [-0.2, 0) is 9.53 Å². The van der Waals surface area contributed by atoms with Crippen LogP contribution in [0, 0.1) is 6.92 Å². The second kappa shape index (κ2) is 7.24. The van der Waals surface area contributed by atoms with Gasteiger partial charge < -0.3 is 14.4 Å². The summed E-state index contributed by atoms with van der Waals surface area (Å²) in [6.07, 6.45) is 4.36. The molecule has 0 bridgehead atoms. The van der Waals surface area contributed by atoms with Crippen molar-refractivity contribution < 1.29 is 14.3 Å². The minimum atomic E-state index is -0.262. The molecule has 1 atom stereocenters. The molecule has 1 aliphatic heterocycles. The highest BCUT2D eigenvalue weighted by molar-refractivity contribution is 5.80. The van der Waals surface area contributed by atoms with E-state index in [2.05, 4.69) is 9.97 Å². The molecule has 2 heterocycles. The molecule has 21 heavy (non-hydrogen) atoms. The Kier molecular flexibility index (Phi) is 5.36. The fraction of sp³-hybridized carbons (Fsp3) is 0.667. The number of rotatable bonds is 5. The van der Waals surface area contributed by atoms with Crippen LogP contribution < -0.4 is 9.64 Å². The average molecular weight is 293 g/mol. The Morgan fingerprint density at radius 1 is 1.33 bits per heavy atom. The van der Waals surface area contributed by atoms with E-state index in [-0.39, 0.29) is 12.0 Å². The highest BCUT2D eigenvalue weighted by Gasteiger charge is 2.32. The molecule has 0 N–H and O–H groups in total. The molecular formula is C15H23N3O3. The lowest BCUT2D eigenvalue weighted by Crippen LogP contribution is -2.46. The second-order valence-corrected chi connectivity index (χ2v) is 5.02. The van der Waals surface area contributed by atoms with Gasteiger partial charge in [0.15, 0.2) is 0 Å². The molecule has 0 aliphatic carbocycles. The Morgan fingerprint density at radius 3 is 2.86 bits per heavy atom. The van der Waals surface area contributed by atoms with Crippen molar-refractivity contribution in [1.29, 1.82) is 0 Å². The van der Waals surface area contributed by atoms with E-state index < -0.39 is 0 Å². The van der Waals surface area contributed by atoms with E-state index >= 15 is 0 Å². The molecule has 0 spiro atoms. The Balaban J connectivity index is 2.29. The number of carbonyl (C=O) groups is 1. The van der Waals surface area contributed by atoms with Gasteiger partial charge in [-0.2, -0.15) is 0 Å². The van der Waals surface area contributed by atoms with E-state index in [9.17, 15) is 4.79 Å². The van der Waals surface area contributed by atoms with E-state index in [0.29, 0.717) is 19.1 Å². The highest BCUT2D eigenvalue weighted by Crippen LogP contribution is 2.29. The summed E-state index contributed by atoms with van der Waals surface area (Å²) in [4.78, 5) is 22.7. The molecule has 1 saturated heterocycles. The Hall–Kier alpha value is -1.85. The molecule has 0 radical (unpaired) electrons. The molecule has 1 aliphatic rings. The number of piperidine rings is 1. The number of hydrogen-bond acceptors (Lipinski definition) is 6. The van der Waals surface area contributed by atoms with Crippen molar-refractivity contribution in [1.82, 2.24) is 9.97 Å². The van der Waals surface area contributed by atoms with Crippen LogP contribution in [0.5, 0.6) is 5.88 Å². The van der Waals surface area contributed by atoms with Crippen LogP contribution in [0.2, 0.25) is 0 Å². The van der Waals surface area contributed by atoms with Gasteiger partial charge in [0.25, 0.3) is 0 Å². The molecule has 0 saturated carbocycles. The molecule has 0 amide bonds. The first-order chi connectivity index (χ1) is 10.2. The van der Waals surface area contributed by atoms with E-state index in [1.165, 1.54) is 6.33 Å². The molecule has 1 unspecified atom stereocenters. The molecular weight excluding hydrogens is 270 g/mol. The van der Waals surface area contributed by atoms with Crippen molar-refractivity contribution in [2.45, 2.75) is 46.1 Å². The summed E-state index contributed by atoms with van der Waals surface area (Å²) in [5.41, 5.74) is 0.871. The van der Waals surface area contributed by atoms with E-state index in [4.69, 9.17) is 9.47 Å². The standard InChI is InChI=1S/C15H23N3O3/c1-4-20-14-11(3)13(16-10-17-14)18-9-7-6-8-12(18)15(19)21-5-2/h10,12H,4-9H2,1-3H3. The van der Waals surface area contributed by atoms with Crippen molar-refractivity contribution in [3.05, 3.63) is 11.9 Å². The molecule has 0 aromatic carbocycles. The third kappa shape index (κ3) is 3.43. The fourth-order valence-electron chi connectivity index (χ4n) is 2.67. The van der Waals surface area contributed by atoms with Gasteiger partial charge in [-0.1, -0.05) is 0 Å². The summed E-state index contributed by atoms with van der Waals surface area (Å²) in [7, 11) is 0. The smallest absolute Gasteiger partial charge is 0.328 e. The number of aromatic nitrogens is 2. The predicted octanol–water partition coefficient (Wildman–Crippen LogP) is 2.11.